The average Bonchev–Trinajstić information content (AvgIpc) is 3.87. The quantitative estimate of drug-likeness (QED) is 0.171. The molecule has 0 fully saturated rings. The van der Waals surface area contributed by atoms with Crippen molar-refractivity contribution in [2.75, 3.05) is 0 Å². The number of benzene rings is 5. The fourth-order valence-electron chi connectivity index (χ4n) is 7.88. The van der Waals surface area contributed by atoms with E-state index in [4.69, 9.17) is 24.7 Å². The maximum atomic E-state index is 7.00. The first kappa shape index (κ1) is 30.6. The van der Waals surface area contributed by atoms with Gasteiger partial charge in [0.2, 0.25) is 11.7 Å². The van der Waals surface area contributed by atoms with Crippen LogP contribution in [-0.4, -0.2) is 33.3 Å². The summed E-state index contributed by atoms with van der Waals surface area (Å²) in [6.07, 6.45) is 1.98. The van der Waals surface area contributed by atoms with E-state index in [2.05, 4.69) is 125 Å². The molecule has 5 aromatic carbocycles. The third-order valence-corrected chi connectivity index (χ3v) is 10.5. The lowest BCUT2D eigenvalue weighted by Crippen LogP contribution is -2.11. The summed E-state index contributed by atoms with van der Waals surface area (Å²) in [6, 6.07) is 47.8. The maximum Gasteiger partial charge on any atom is 0.221 e. The largest absolute Gasteiger partial charge is 0.438 e. The van der Waals surface area contributed by atoms with Gasteiger partial charge in [-0.2, -0.15) is 4.98 Å². The second-order valence-corrected chi connectivity index (χ2v) is 14.9. The van der Waals surface area contributed by atoms with Crippen LogP contribution in [-0.2, 0) is 5.41 Å². The van der Waals surface area contributed by atoms with Gasteiger partial charge < -0.3 is 4.74 Å². The third-order valence-electron chi connectivity index (χ3n) is 10.5. The second kappa shape index (κ2) is 11.2. The van der Waals surface area contributed by atoms with Crippen LogP contribution in [0.2, 0.25) is 0 Å². The standard InChI is InChI=1S/C46H33N7O/c1-46(2,3)29-21-22-33(47-27-29)28-25-32-42(31-15-7-10-18-36(31)52-37-19-11-8-16-34(37)48-43(32)52)40(26-28)54-41-24-23-39-44(50-41)51(30-13-5-4-6-14-30)45-49-35-17-9-12-20-38(35)53(39)45/h4-27H,1-3H3. The summed E-state index contributed by atoms with van der Waals surface area (Å²) >= 11 is 0. The van der Waals surface area contributed by atoms with Crippen molar-refractivity contribution in [2.45, 2.75) is 26.2 Å². The fourth-order valence-corrected chi connectivity index (χ4v) is 7.88. The molecule has 0 atom stereocenters. The first-order valence-corrected chi connectivity index (χ1v) is 18.2. The molecule has 8 heteroatoms. The molecule has 0 saturated heterocycles. The van der Waals surface area contributed by atoms with E-state index in [-0.39, 0.29) is 5.41 Å². The molecule has 11 rings (SSSR count). The highest BCUT2D eigenvalue weighted by Gasteiger charge is 2.22. The highest BCUT2D eigenvalue weighted by molar-refractivity contribution is 6.17. The van der Waals surface area contributed by atoms with Crippen molar-refractivity contribution in [3.63, 3.8) is 0 Å². The SMILES string of the molecule is CC(C)(C)c1ccc(-c2cc(Oc3ccc4c(n3)n(-c3ccccc3)c3nc5ccccc5n43)c3c4ccccc4n4c5ccccc5nc4c3c2)nc1. The van der Waals surface area contributed by atoms with Gasteiger partial charge in [0.05, 0.1) is 44.5 Å². The van der Waals surface area contributed by atoms with E-state index in [9.17, 15) is 0 Å². The summed E-state index contributed by atoms with van der Waals surface area (Å²) in [7, 11) is 0. The molecule has 0 unspecified atom stereocenters. The molecule has 258 valence electrons. The highest BCUT2D eigenvalue weighted by atomic mass is 16.5. The van der Waals surface area contributed by atoms with E-state index in [1.807, 2.05) is 54.7 Å². The Balaban J connectivity index is 1.19. The molecule has 0 saturated carbocycles. The lowest BCUT2D eigenvalue weighted by Gasteiger charge is -2.19. The van der Waals surface area contributed by atoms with Crippen molar-refractivity contribution in [1.82, 2.24) is 33.3 Å². The Kier molecular flexibility index (Phi) is 6.35. The van der Waals surface area contributed by atoms with Crippen molar-refractivity contribution < 1.29 is 4.74 Å². The van der Waals surface area contributed by atoms with Crippen LogP contribution in [0.15, 0.2) is 146 Å². The molecule has 11 aromatic rings. The zero-order valence-corrected chi connectivity index (χ0v) is 29.9. The fraction of sp³-hybridized carbons (Fsp3) is 0.0870. The average molecular weight is 700 g/mol. The molecular weight excluding hydrogens is 667 g/mol. The van der Waals surface area contributed by atoms with Crippen LogP contribution in [0.25, 0.3) is 83.3 Å². The summed E-state index contributed by atoms with van der Waals surface area (Å²) in [5.41, 5.74) is 11.4. The number of para-hydroxylation sites is 6. The number of pyridine rings is 3. The van der Waals surface area contributed by atoms with Gasteiger partial charge >= 0.3 is 0 Å². The predicted molar refractivity (Wildman–Crippen MR) is 217 cm³/mol. The van der Waals surface area contributed by atoms with Crippen molar-refractivity contribution in [1.29, 1.82) is 0 Å². The summed E-state index contributed by atoms with van der Waals surface area (Å²) in [6.45, 7) is 6.61. The lowest BCUT2D eigenvalue weighted by molar-refractivity contribution is 0.470. The first-order valence-electron chi connectivity index (χ1n) is 18.2. The third kappa shape index (κ3) is 4.49. The number of imidazole rings is 3. The molecule has 0 radical (unpaired) electrons. The summed E-state index contributed by atoms with van der Waals surface area (Å²) in [4.78, 5) is 20.5. The van der Waals surface area contributed by atoms with Gasteiger partial charge in [-0.1, -0.05) is 87.5 Å². The molecule has 0 aliphatic carbocycles. The van der Waals surface area contributed by atoms with Crippen molar-refractivity contribution in [3.8, 4) is 28.6 Å². The Bertz CT molecular complexity index is 3280. The van der Waals surface area contributed by atoms with Gasteiger partial charge in [-0.05, 0) is 77.7 Å². The number of fused-ring (bicyclic) bond motifs is 13. The Hall–Kier alpha value is -7.06. The van der Waals surface area contributed by atoms with Crippen LogP contribution in [0.1, 0.15) is 26.3 Å². The molecule has 54 heavy (non-hydrogen) atoms. The second-order valence-electron chi connectivity index (χ2n) is 14.9. The molecule has 0 spiro atoms. The molecule has 6 aromatic heterocycles. The zero-order valence-electron chi connectivity index (χ0n) is 29.9. The van der Waals surface area contributed by atoms with Gasteiger partial charge in [-0.25, -0.2) is 9.97 Å². The number of hydrogen-bond donors (Lipinski definition) is 0. The van der Waals surface area contributed by atoms with Crippen LogP contribution in [0.4, 0.5) is 0 Å². The minimum absolute atomic E-state index is 0.0141. The van der Waals surface area contributed by atoms with Crippen LogP contribution >= 0.6 is 0 Å². The van der Waals surface area contributed by atoms with Crippen LogP contribution in [0.3, 0.4) is 0 Å². The van der Waals surface area contributed by atoms with Gasteiger partial charge in [0.1, 0.15) is 11.4 Å². The first-order chi connectivity index (χ1) is 26.4. The van der Waals surface area contributed by atoms with Crippen molar-refractivity contribution >= 4 is 66.3 Å². The summed E-state index contributed by atoms with van der Waals surface area (Å²) in [5, 5.41) is 2.99. The molecular formula is C46H33N7O. The molecule has 6 heterocycles. The molecule has 0 aliphatic heterocycles. The van der Waals surface area contributed by atoms with Crippen LogP contribution < -0.4 is 4.74 Å². The van der Waals surface area contributed by atoms with E-state index in [1.54, 1.807) is 0 Å². The molecule has 0 amide bonds. The molecule has 8 nitrogen and oxygen atoms in total. The Morgan fingerprint density at radius 2 is 1.26 bits per heavy atom. The van der Waals surface area contributed by atoms with Crippen LogP contribution in [0.5, 0.6) is 11.6 Å². The van der Waals surface area contributed by atoms with Gasteiger partial charge in [-0.3, -0.25) is 18.4 Å². The smallest absolute Gasteiger partial charge is 0.221 e. The number of hydrogen-bond acceptors (Lipinski definition) is 5. The van der Waals surface area contributed by atoms with E-state index in [0.717, 1.165) is 83.3 Å². The van der Waals surface area contributed by atoms with Crippen LogP contribution in [0, 0.1) is 0 Å². The monoisotopic (exact) mass is 699 g/mol. The minimum Gasteiger partial charge on any atom is -0.438 e. The van der Waals surface area contributed by atoms with Gasteiger partial charge in [0.25, 0.3) is 0 Å². The highest BCUT2D eigenvalue weighted by Crippen LogP contribution is 2.42. The van der Waals surface area contributed by atoms with Crippen molar-refractivity contribution in [2.24, 2.45) is 0 Å². The zero-order chi connectivity index (χ0) is 36.1. The number of rotatable bonds is 4. The Morgan fingerprint density at radius 3 is 2.02 bits per heavy atom. The Morgan fingerprint density at radius 1 is 0.556 bits per heavy atom. The van der Waals surface area contributed by atoms with E-state index >= 15 is 0 Å². The topological polar surface area (TPSA) is 74.5 Å². The van der Waals surface area contributed by atoms with Gasteiger partial charge in [0, 0.05) is 34.0 Å². The van der Waals surface area contributed by atoms with Crippen molar-refractivity contribution in [3.05, 3.63) is 151 Å². The molecule has 0 aliphatic rings. The van der Waals surface area contributed by atoms with Gasteiger partial charge in [-0.15, -0.1) is 0 Å². The Labute approximate surface area is 309 Å². The summed E-state index contributed by atoms with van der Waals surface area (Å²) in [5.74, 6) is 1.94. The minimum atomic E-state index is -0.0141. The van der Waals surface area contributed by atoms with E-state index in [1.165, 1.54) is 5.56 Å². The summed E-state index contributed by atoms with van der Waals surface area (Å²) < 4.78 is 13.5. The lowest BCUT2D eigenvalue weighted by atomic mass is 9.88. The maximum absolute atomic E-state index is 7.00. The van der Waals surface area contributed by atoms with Gasteiger partial charge in [0.15, 0.2) is 5.65 Å². The normalized spacial score (nSPS) is 12.4. The van der Waals surface area contributed by atoms with E-state index < -0.39 is 0 Å². The number of nitrogens with zero attached hydrogens (tertiary/aromatic N) is 7. The molecule has 0 bridgehead atoms. The number of aromatic nitrogens is 7. The number of ether oxygens (including phenoxy) is 1. The van der Waals surface area contributed by atoms with E-state index in [0.29, 0.717) is 11.6 Å². The molecule has 0 N–H and O–H groups in total. The predicted octanol–water partition coefficient (Wildman–Crippen LogP) is 11.1.